The van der Waals surface area contributed by atoms with Crippen molar-refractivity contribution in [3.05, 3.63) is 68.0 Å². The molecule has 4 aliphatic carbocycles. The Kier molecular flexibility index (Phi) is 10.3. The molecule has 2 aliphatic heterocycles. The number of carbonyl (C=O) groups excluding carboxylic acids is 2. The minimum atomic E-state index is -4.15. The van der Waals surface area contributed by atoms with E-state index >= 15 is 0 Å². The van der Waals surface area contributed by atoms with Gasteiger partial charge in [0.2, 0.25) is 11.8 Å². The molecule has 0 radical (unpaired) electrons. The van der Waals surface area contributed by atoms with Crippen LogP contribution in [0.3, 0.4) is 0 Å². The highest BCUT2D eigenvalue weighted by molar-refractivity contribution is 7.90. The number of halogens is 1. The van der Waals surface area contributed by atoms with Crippen LogP contribution in [0.15, 0.2) is 28.3 Å². The van der Waals surface area contributed by atoms with Crippen molar-refractivity contribution in [2.24, 2.45) is 11.1 Å². The summed E-state index contributed by atoms with van der Waals surface area (Å²) in [6.07, 6.45) is 13.7. The summed E-state index contributed by atoms with van der Waals surface area (Å²) in [4.78, 5) is 25.1. The van der Waals surface area contributed by atoms with Crippen LogP contribution in [-0.4, -0.2) is 67.7 Å². The number of benzene rings is 2. The second kappa shape index (κ2) is 15.3. The second-order valence-electron chi connectivity index (χ2n) is 17.2. The normalized spacial score (nSPS) is 19.2. The van der Waals surface area contributed by atoms with E-state index in [1.165, 1.54) is 32.9 Å². The van der Waals surface area contributed by atoms with E-state index in [2.05, 4.69) is 36.3 Å². The van der Waals surface area contributed by atoms with Gasteiger partial charge in [0.25, 0.3) is 20.0 Å². The van der Waals surface area contributed by atoms with E-state index in [1.807, 2.05) is 13.8 Å². The number of carbonyl (C=O) groups is 2. The third-order valence-corrected chi connectivity index (χ3v) is 15.2. The van der Waals surface area contributed by atoms with Crippen molar-refractivity contribution < 1.29 is 35.9 Å². The van der Waals surface area contributed by atoms with Crippen molar-refractivity contribution in [2.75, 3.05) is 23.8 Å². The minimum Gasteiger partial charge on any atom is -0.476 e. The first-order valence-corrected chi connectivity index (χ1v) is 23.7. The number of aryl methyl sites for hydroxylation is 2. The van der Waals surface area contributed by atoms with Crippen LogP contribution in [0.2, 0.25) is 5.02 Å². The van der Waals surface area contributed by atoms with Gasteiger partial charge in [-0.1, -0.05) is 31.5 Å². The first-order valence-electron chi connectivity index (χ1n) is 20.4. The van der Waals surface area contributed by atoms with Gasteiger partial charge in [-0.2, -0.15) is 10.2 Å². The van der Waals surface area contributed by atoms with Crippen molar-refractivity contribution in [2.45, 2.75) is 120 Å². The second-order valence-corrected chi connectivity index (χ2v) is 20.8. The summed E-state index contributed by atoms with van der Waals surface area (Å²) in [5, 5.41) is 14.6. The van der Waals surface area contributed by atoms with Gasteiger partial charge >= 0.3 is 12.1 Å². The number of amides is 4. The molecule has 0 fully saturated rings. The zero-order valence-electron chi connectivity index (χ0n) is 33.4. The smallest absolute Gasteiger partial charge is 0.333 e. The highest BCUT2D eigenvalue weighted by Crippen LogP contribution is 2.44. The average molecular weight is 882 g/mol. The van der Waals surface area contributed by atoms with E-state index < -0.39 is 32.1 Å². The molecular weight excluding hydrogens is 834 g/mol. The number of ether oxygens (including phenoxy) is 2. The van der Waals surface area contributed by atoms with Crippen LogP contribution < -0.4 is 35.3 Å². The summed E-state index contributed by atoms with van der Waals surface area (Å²) < 4.78 is 69.7. The molecule has 0 saturated carbocycles. The Morgan fingerprint density at radius 3 is 1.75 bits per heavy atom. The number of hydrogen-bond acceptors (Lipinski definition) is 11. The molecule has 60 heavy (non-hydrogen) atoms. The van der Waals surface area contributed by atoms with Gasteiger partial charge in [0.05, 0.1) is 38.1 Å². The number of fused-ring (bicyclic) bond motifs is 6. The minimum absolute atomic E-state index is 0.105. The Morgan fingerprint density at radius 1 is 0.717 bits per heavy atom. The molecule has 1 atom stereocenters. The maximum Gasteiger partial charge on any atom is 0.333 e. The number of nitrogens with one attached hydrogen (secondary N) is 4. The zero-order chi connectivity index (χ0) is 42.1. The fourth-order valence-corrected chi connectivity index (χ4v) is 11.8. The van der Waals surface area contributed by atoms with Crippen molar-refractivity contribution in [3.63, 3.8) is 0 Å². The predicted molar refractivity (Wildman–Crippen MR) is 222 cm³/mol. The summed E-state index contributed by atoms with van der Waals surface area (Å²) in [5.74, 6) is 0.265. The van der Waals surface area contributed by atoms with E-state index in [0.717, 1.165) is 127 Å². The molecule has 20 heteroatoms. The number of anilines is 2. The fourth-order valence-electron chi connectivity index (χ4n) is 9.43. The van der Waals surface area contributed by atoms with Gasteiger partial charge in [-0.15, -0.1) is 0 Å². The SMILES string of the molecule is CC1(C)COc2c(S(=O)(=O)NC(=O)Nc3c4c(c(Cl)c5c3CCC5)CCC4)cnn2C1.NC1COc2c(S(=O)(=O)NC(=O)Nc3c4c(cc5c3CCC5)CCC4)cnn2C1. The Labute approximate surface area is 353 Å². The van der Waals surface area contributed by atoms with Crippen LogP contribution in [0, 0.1) is 5.41 Å². The molecule has 17 nitrogen and oxygen atoms in total. The van der Waals surface area contributed by atoms with E-state index in [-0.39, 0.29) is 39.6 Å². The Morgan fingerprint density at radius 2 is 1.18 bits per heavy atom. The monoisotopic (exact) mass is 881 g/mol. The van der Waals surface area contributed by atoms with Crippen molar-refractivity contribution in [3.8, 4) is 11.8 Å². The highest BCUT2D eigenvalue weighted by atomic mass is 35.5. The predicted octanol–water partition coefficient (Wildman–Crippen LogP) is 4.53. The lowest BCUT2D eigenvalue weighted by atomic mass is 9.94. The van der Waals surface area contributed by atoms with Crippen molar-refractivity contribution in [1.82, 2.24) is 29.0 Å². The molecule has 4 heterocycles. The number of urea groups is 2. The zero-order valence-corrected chi connectivity index (χ0v) is 35.8. The summed E-state index contributed by atoms with van der Waals surface area (Å²) in [6.45, 7) is 5.49. The summed E-state index contributed by atoms with van der Waals surface area (Å²) in [7, 11) is -8.28. The van der Waals surface area contributed by atoms with Gasteiger partial charge in [0.15, 0.2) is 9.79 Å². The molecule has 2 aromatic carbocycles. The van der Waals surface area contributed by atoms with E-state index in [0.29, 0.717) is 19.7 Å². The van der Waals surface area contributed by atoms with Crippen LogP contribution in [0.25, 0.3) is 0 Å². The van der Waals surface area contributed by atoms with E-state index in [9.17, 15) is 26.4 Å². The largest absolute Gasteiger partial charge is 0.476 e. The van der Waals surface area contributed by atoms with Crippen LogP contribution in [0.5, 0.6) is 11.8 Å². The topological polar surface area (TPSA) is 231 Å². The number of hydrogen-bond donors (Lipinski definition) is 5. The van der Waals surface area contributed by atoms with Gasteiger partial charge in [0, 0.05) is 21.8 Å². The molecule has 4 amide bonds. The number of nitrogens with two attached hydrogens (primary N) is 1. The molecular formula is C40H48ClN9O8S2. The first-order chi connectivity index (χ1) is 28.6. The fraction of sp³-hybridized carbons (Fsp3) is 0.500. The molecule has 1 unspecified atom stereocenters. The molecule has 6 N–H and O–H groups in total. The molecule has 0 bridgehead atoms. The molecule has 10 rings (SSSR count). The highest BCUT2D eigenvalue weighted by Gasteiger charge is 2.36. The third kappa shape index (κ3) is 7.47. The maximum absolute atomic E-state index is 12.9. The van der Waals surface area contributed by atoms with E-state index in [1.54, 1.807) is 0 Å². The molecule has 0 spiro atoms. The van der Waals surface area contributed by atoms with Crippen LogP contribution in [0.1, 0.15) is 84.0 Å². The lowest BCUT2D eigenvalue weighted by molar-refractivity contribution is 0.0970. The number of rotatable bonds is 6. The van der Waals surface area contributed by atoms with Crippen molar-refractivity contribution >= 4 is 55.1 Å². The summed E-state index contributed by atoms with van der Waals surface area (Å²) in [5.41, 5.74) is 16.2. The Bertz CT molecular complexity index is 2610. The van der Waals surface area contributed by atoms with Gasteiger partial charge in [-0.25, -0.2) is 45.2 Å². The van der Waals surface area contributed by atoms with Crippen LogP contribution in [-0.2, 0) is 84.5 Å². The lowest BCUT2D eigenvalue weighted by Crippen LogP contribution is -2.38. The summed E-state index contributed by atoms with van der Waals surface area (Å²) >= 11 is 6.62. The standard InChI is InChI=1S/C21H25ClN4O4S.C19H23N5O4S/c1-21(2)10-26-19(30-11-21)16(9-23-26)31(28,29)25-20(27)24-18-14-7-3-5-12(14)17(22)13-6-4-8-15(13)18;20-13-9-24-18(28-10-13)16(8-21-24)29(26,27)23-19(25)22-17-14-5-1-3-11(14)7-12-4-2-6-15(12)17/h9H,3-8,10-11H2,1-2H3,(H2,24,25,27);7-8,13H,1-6,9-10,20H2,(H2,22,23,25). The van der Waals surface area contributed by atoms with Gasteiger partial charge in [-0.05, 0) is 122 Å². The Hall–Kier alpha value is -4.85. The molecule has 2 aromatic heterocycles. The summed E-state index contributed by atoms with van der Waals surface area (Å²) in [6, 6.07) is 0.441. The van der Waals surface area contributed by atoms with Gasteiger partial charge < -0.3 is 25.8 Å². The van der Waals surface area contributed by atoms with Gasteiger partial charge in [-0.3, -0.25) is 0 Å². The number of aromatic nitrogens is 4. The van der Waals surface area contributed by atoms with Crippen LogP contribution >= 0.6 is 11.6 Å². The molecule has 6 aliphatic rings. The molecule has 0 saturated heterocycles. The van der Waals surface area contributed by atoms with Gasteiger partial charge in [0.1, 0.15) is 6.61 Å². The van der Waals surface area contributed by atoms with Crippen molar-refractivity contribution in [1.29, 1.82) is 0 Å². The molecule has 320 valence electrons. The van der Waals surface area contributed by atoms with E-state index in [4.69, 9.17) is 26.8 Å². The average Bonchev–Trinajstić information content (AvgIpc) is 4.03. The third-order valence-electron chi connectivity index (χ3n) is 12.1. The maximum atomic E-state index is 12.9. The number of sulfonamides is 2. The molecule has 4 aromatic rings. The number of nitrogens with zero attached hydrogens (tertiary/aromatic N) is 4. The Balaban J connectivity index is 0.000000154. The lowest BCUT2D eigenvalue weighted by Gasteiger charge is -2.30. The first kappa shape index (κ1) is 40.6. The van der Waals surface area contributed by atoms with Crippen LogP contribution in [0.4, 0.5) is 21.0 Å². The quantitative estimate of drug-likeness (QED) is 0.181.